The van der Waals surface area contributed by atoms with Crippen molar-refractivity contribution in [2.24, 2.45) is 0 Å². The fourth-order valence-corrected chi connectivity index (χ4v) is 3.89. The van der Waals surface area contributed by atoms with Gasteiger partial charge in [-0.1, -0.05) is 55.7 Å². The van der Waals surface area contributed by atoms with E-state index in [0.717, 1.165) is 31.2 Å². The molecule has 6 heteroatoms. The van der Waals surface area contributed by atoms with E-state index in [4.69, 9.17) is 13.9 Å². The normalized spacial score (nSPS) is 15.4. The van der Waals surface area contributed by atoms with Gasteiger partial charge < -0.3 is 19.2 Å². The van der Waals surface area contributed by atoms with Crippen LogP contribution in [0.5, 0.6) is 0 Å². The highest BCUT2D eigenvalue weighted by Crippen LogP contribution is 2.34. The second-order valence-electron chi connectivity index (χ2n) is 10.8. The summed E-state index contributed by atoms with van der Waals surface area (Å²) in [6, 6.07) is 9.85. The number of carbonyl (C=O) groups excluding carboxylic acids is 2. The summed E-state index contributed by atoms with van der Waals surface area (Å²) in [7, 11) is 0. The van der Waals surface area contributed by atoms with Gasteiger partial charge in [-0.3, -0.25) is 0 Å². The molecule has 184 valence electrons. The summed E-state index contributed by atoms with van der Waals surface area (Å²) in [6.07, 6.45) is 8.92. The second kappa shape index (κ2) is 10.5. The summed E-state index contributed by atoms with van der Waals surface area (Å²) >= 11 is 0. The highest BCUT2D eigenvalue weighted by molar-refractivity contribution is 6.09. The molecular weight excluding hydrogens is 430 g/mol. The molecule has 0 atom stereocenters. The summed E-state index contributed by atoms with van der Waals surface area (Å²) in [6.45, 7) is 10.8. The maximum Gasteiger partial charge on any atom is 0.345 e. The van der Waals surface area contributed by atoms with Gasteiger partial charge >= 0.3 is 11.9 Å². The Labute approximate surface area is 202 Å². The predicted octanol–water partition coefficient (Wildman–Crippen LogP) is 7.11. The largest absolute Gasteiger partial charge is 0.456 e. The molecule has 1 fully saturated rings. The molecule has 0 amide bonds. The summed E-state index contributed by atoms with van der Waals surface area (Å²) in [5.41, 5.74) is -0.370. The van der Waals surface area contributed by atoms with Crippen molar-refractivity contribution in [2.45, 2.75) is 90.9 Å². The highest BCUT2D eigenvalue weighted by atomic mass is 16.6. The van der Waals surface area contributed by atoms with E-state index in [-0.39, 0.29) is 28.8 Å². The minimum atomic E-state index is -0.739. The molecular formula is C28H37NO5. The number of carbonyl (C=O) groups is 2. The zero-order valence-electron chi connectivity index (χ0n) is 21.2. The first-order valence-corrected chi connectivity index (χ1v) is 12.1. The Kier molecular flexibility index (Phi) is 7.90. The molecule has 0 radical (unpaired) electrons. The molecule has 0 unspecified atom stereocenters. The molecule has 1 saturated carbocycles. The Morgan fingerprint density at radius 2 is 1.41 bits per heavy atom. The number of esters is 2. The maximum atomic E-state index is 13.3. The molecule has 1 heterocycles. The van der Waals surface area contributed by atoms with E-state index >= 15 is 0 Å². The third-order valence-electron chi connectivity index (χ3n) is 5.31. The molecule has 1 aliphatic rings. The van der Waals surface area contributed by atoms with Crippen LogP contribution in [0.25, 0.3) is 12.2 Å². The average molecular weight is 468 g/mol. The van der Waals surface area contributed by atoms with Crippen molar-refractivity contribution >= 4 is 30.0 Å². The smallest absolute Gasteiger partial charge is 0.345 e. The van der Waals surface area contributed by atoms with Gasteiger partial charge in [-0.15, -0.1) is 0 Å². The van der Waals surface area contributed by atoms with E-state index in [0.29, 0.717) is 0 Å². The lowest BCUT2D eigenvalue weighted by Crippen LogP contribution is -2.29. The van der Waals surface area contributed by atoms with Crippen molar-refractivity contribution in [3.8, 4) is 0 Å². The average Bonchev–Trinajstić information content (AvgIpc) is 3.09. The van der Waals surface area contributed by atoms with Crippen LogP contribution in [0.3, 0.4) is 0 Å². The molecule has 1 aliphatic carbocycles. The fraction of sp³-hybridized carbons (Fsp3) is 0.500. The van der Waals surface area contributed by atoms with Crippen LogP contribution < -0.4 is 5.32 Å². The monoisotopic (exact) mass is 467 g/mol. The van der Waals surface area contributed by atoms with Crippen molar-refractivity contribution in [2.75, 3.05) is 5.32 Å². The molecule has 1 aromatic carbocycles. The molecule has 0 saturated heterocycles. The first kappa shape index (κ1) is 25.6. The summed E-state index contributed by atoms with van der Waals surface area (Å²) < 4.78 is 17.5. The van der Waals surface area contributed by atoms with Gasteiger partial charge in [0.25, 0.3) is 0 Å². The quantitative estimate of drug-likeness (QED) is 0.456. The van der Waals surface area contributed by atoms with Crippen molar-refractivity contribution < 1.29 is 23.5 Å². The minimum Gasteiger partial charge on any atom is -0.456 e. The molecule has 3 rings (SSSR count). The molecule has 2 aromatic rings. The standard InChI is InChI=1S/C28H37NO5/c1-27(2,3)33-25(30)22-21(18-17-19-13-9-7-10-14-19)32-24(29-20-15-11-8-12-16-20)23(22)26(31)34-28(4,5)6/h7,9-10,13-14,17-18,20,29H,8,11-12,15-16H2,1-6H3/b18-17+. The SMILES string of the molecule is CC(C)(C)OC(=O)c1c(/C=C/c2ccccc2)oc(NC2CCCCC2)c1C(=O)OC(C)(C)C. The highest BCUT2D eigenvalue weighted by Gasteiger charge is 2.35. The number of ether oxygens (including phenoxy) is 2. The van der Waals surface area contributed by atoms with Crippen LogP contribution in [0.1, 0.15) is 106 Å². The van der Waals surface area contributed by atoms with Gasteiger partial charge in [0.15, 0.2) is 0 Å². The van der Waals surface area contributed by atoms with E-state index in [1.807, 2.05) is 36.4 Å². The molecule has 0 aliphatic heterocycles. The molecule has 1 N–H and O–H groups in total. The van der Waals surface area contributed by atoms with E-state index in [2.05, 4.69) is 5.32 Å². The van der Waals surface area contributed by atoms with Crippen LogP contribution in [0, 0.1) is 0 Å². The van der Waals surface area contributed by atoms with Gasteiger partial charge in [-0.2, -0.15) is 0 Å². The fourth-order valence-electron chi connectivity index (χ4n) is 3.89. The number of nitrogens with one attached hydrogen (secondary N) is 1. The summed E-state index contributed by atoms with van der Waals surface area (Å²) in [5.74, 6) is -0.719. The Hall–Kier alpha value is -3.02. The van der Waals surface area contributed by atoms with Crippen LogP contribution in [0.2, 0.25) is 0 Å². The van der Waals surface area contributed by atoms with Crippen molar-refractivity contribution in [3.05, 3.63) is 52.8 Å². The minimum absolute atomic E-state index is 0.0784. The van der Waals surface area contributed by atoms with E-state index in [9.17, 15) is 9.59 Å². The van der Waals surface area contributed by atoms with Gasteiger partial charge in [0.2, 0.25) is 5.88 Å². The first-order chi connectivity index (χ1) is 15.9. The lowest BCUT2D eigenvalue weighted by atomic mass is 9.95. The van der Waals surface area contributed by atoms with Crippen LogP contribution in [-0.2, 0) is 9.47 Å². The van der Waals surface area contributed by atoms with Gasteiger partial charge in [0.05, 0.1) is 0 Å². The Bertz CT molecular complexity index is 1020. The van der Waals surface area contributed by atoms with Crippen molar-refractivity contribution in [3.63, 3.8) is 0 Å². The number of rotatable bonds is 6. The number of hydrogen-bond donors (Lipinski definition) is 1. The predicted molar refractivity (Wildman–Crippen MR) is 135 cm³/mol. The molecule has 0 bridgehead atoms. The van der Waals surface area contributed by atoms with E-state index in [1.165, 1.54) is 6.42 Å². The Morgan fingerprint density at radius 3 is 1.97 bits per heavy atom. The van der Waals surface area contributed by atoms with Gasteiger partial charge in [-0.25, -0.2) is 9.59 Å². The Balaban J connectivity index is 2.11. The third-order valence-corrected chi connectivity index (χ3v) is 5.31. The molecule has 1 aromatic heterocycles. The van der Waals surface area contributed by atoms with Crippen LogP contribution in [-0.4, -0.2) is 29.2 Å². The second-order valence-corrected chi connectivity index (χ2v) is 10.8. The number of anilines is 1. The van der Waals surface area contributed by atoms with Crippen molar-refractivity contribution in [1.82, 2.24) is 0 Å². The van der Waals surface area contributed by atoms with E-state index < -0.39 is 23.1 Å². The van der Waals surface area contributed by atoms with Gasteiger partial charge in [0.1, 0.15) is 28.1 Å². The Morgan fingerprint density at radius 1 is 0.853 bits per heavy atom. The summed E-state index contributed by atoms with van der Waals surface area (Å²) in [5, 5.41) is 3.38. The lowest BCUT2D eigenvalue weighted by Gasteiger charge is -2.24. The first-order valence-electron chi connectivity index (χ1n) is 12.1. The van der Waals surface area contributed by atoms with Crippen LogP contribution >= 0.6 is 0 Å². The zero-order chi connectivity index (χ0) is 24.9. The van der Waals surface area contributed by atoms with Gasteiger partial charge in [-0.05, 0) is 66.0 Å². The number of furan rings is 1. The van der Waals surface area contributed by atoms with Crippen LogP contribution in [0.15, 0.2) is 34.7 Å². The maximum absolute atomic E-state index is 13.3. The molecule has 34 heavy (non-hydrogen) atoms. The molecule has 6 nitrogen and oxygen atoms in total. The van der Waals surface area contributed by atoms with Crippen molar-refractivity contribution in [1.29, 1.82) is 0 Å². The topological polar surface area (TPSA) is 77.8 Å². The number of benzene rings is 1. The third kappa shape index (κ3) is 7.24. The zero-order valence-corrected chi connectivity index (χ0v) is 21.2. The lowest BCUT2D eigenvalue weighted by molar-refractivity contribution is 0.00204. The van der Waals surface area contributed by atoms with Crippen LogP contribution in [0.4, 0.5) is 5.88 Å². The van der Waals surface area contributed by atoms with E-state index in [1.54, 1.807) is 47.6 Å². The van der Waals surface area contributed by atoms with Gasteiger partial charge in [0, 0.05) is 6.04 Å². The number of hydrogen-bond acceptors (Lipinski definition) is 6. The summed E-state index contributed by atoms with van der Waals surface area (Å²) in [4.78, 5) is 26.7. The molecule has 0 spiro atoms.